The highest BCUT2D eigenvalue weighted by atomic mass is 19.3. The van der Waals surface area contributed by atoms with Gasteiger partial charge in [0.25, 0.3) is 5.92 Å². The Morgan fingerprint density at radius 2 is 2.05 bits per heavy atom. The van der Waals surface area contributed by atoms with E-state index in [4.69, 9.17) is 0 Å². The van der Waals surface area contributed by atoms with Crippen LogP contribution in [0, 0.1) is 0 Å². The summed E-state index contributed by atoms with van der Waals surface area (Å²) in [5.74, 6) is -2.65. The molecular weight excluding hydrogens is 292 g/mol. The van der Waals surface area contributed by atoms with Crippen LogP contribution >= 0.6 is 0 Å². The molecule has 2 aromatic rings. The molecule has 2 aromatic heterocycles. The molecule has 2 fully saturated rings. The van der Waals surface area contributed by atoms with Gasteiger partial charge in [0.1, 0.15) is 17.9 Å². The third-order valence-electron chi connectivity index (χ3n) is 4.46. The number of nitrogens with one attached hydrogen (secondary N) is 1. The minimum atomic E-state index is -3.06. The van der Waals surface area contributed by atoms with Gasteiger partial charge in [-0.3, -0.25) is 0 Å². The normalized spacial score (nSPS) is 28.0. The second kappa shape index (κ2) is 4.84. The molecule has 0 amide bonds. The second-order valence-corrected chi connectivity index (χ2v) is 6.13. The highest BCUT2D eigenvalue weighted by Crippen LogP contribution is 2.38. The summed E-state index contributed by atoms with van der Waals surface area (Å²) in [7, 11) is 0. The van der Waals surface area contributed by atoms with E-state index in [0.717, 1.165) is 12.8 Å². The molecule has 0 radical (unpaired) electrons. The Bertz CT molecular complexity index is 700. The fourth-order valence-electron chi connectivity index (χ4n) is 3.06. The van der Waals surface area contributed by atoms with Crippen LogP contribution in [0.3, 0.4) is 0 Å². The summed E-state index contributed by atoms with van der Waals surface area (Å²) in [6.07, 6.45) is 4.18. The molecule has 2 N–H and O–H groups in total. The molecule has 2 heterocycles. The van der Waals surface area contributed by atoms with Crippen LogP contribution in [-0.2, 0) is 0 Å². The van der Waals surface area contributed by atoms with Crippen LogP contribution in [0.5, 0.6) is 0 Å². The summed E-state index contributed by atoms with van der Waals surface area (Å²) in [5.41, 5.74) is 1.27. The highest BCUT2D eigenvalue weighted by Gasteiger charge is 2.46. The maximum Gasteiger partial charge on any atom is 0.275 e. The van der Waals surface area contributed by atoms with Gasteiger partial charge in [-0.1, -0.05) is 0 Å². The lowest BCUT2D eigenvalue weighted by molar-refractivity contribution is -0.135. The maximum atomic E-state index is 13.6. The van der Waals surface area contributed by atoms with Gasteiger partial charge in [-0.2, -0.15) is 0 Å². The van der Waals surface area contributed by atoms with Crippen molar-refractivity contribution >= 4 is 17.0 Å². The van der Waals surface area contributed by atoms with Gasteiger partial charge >= 0.3 is 0 Å². The molecule has 0 aromatic carbocycles. The summed E-state index contributed by atoms with van der Waals surface area (Å²) < 4.78 is 29.3. The first-order valence-electron chi connectivity index (χ1n) is 7.56. The monoisotopic (exact) mass is 309 g/mol. The van der Waals surface area contributed by atoms with Gasteiger partial charge in [0.2, 0.25) is 0 Å². The van der Waals surface area contributed by atoms with Gasteiger partial charge < -0.3 is 15.0 Å². The molecular formula is C14H17F2N5O. The topological polar surface area (TPSA) is 75.9 Å². The Morgan fingerprint density at radius 1 is 1.23 bits per heavy atom. The minimum Gasteiger partial charge on any atom is -0.385 e. The number of nitrogens with zero attached hydrogens (tertiary/aromatic N) is 4. The zero-order chi connectivity index (χ0) is 15.3. The van der Waals surface area contributed by atoms with Crippen molar-refractivity contribution < 1.29 is 13.9 Å². The van der Waals surface area contributed by atoms with Crippen LogP contribution in [0.25, 0.3) is 11.2 Å². The van der Waals surface area contributed by atoms with Gasteiger partial charge in [-0.25, -0.2) is 23.7 Å². The van der Waals surface area contributed by atoms with Crippen LogP contribution < -0.4 is 5.32 Å². The largest absolute Gasteiger partial charge is 0.385 e. The van der Waals surface area contributed by atoms with Crippen LogP contribution in [0.4, 0.5) is 14.6 Å². The molecule has 8 heteroatoms. The first kappa shape index (κ1) is 13.8. The smallest absolute Gasteiger partial charge is 0.275 e. The summed E-state index contributed by atoms with van der Waals surface area (Å²) in [6, 6.07) is -0.301. The van der Waals surface area contributed by atoms with Crippen molar-refractivity contribution in [2.75, 3.05) is 5.32 Å². The number of halogens is 2. The molecule has 2 aliphatic rings. The molecule has 118 valence electrons. The van der Waals surface area contributed by atoms with E-state index in [9.17, 15) is 13.9 Å². The quantitative estimate of drug-likeness (QED) is 0.908. The van der Waals surface area contributed by atoms with Crippen molar-refractivity contribution in [2.45, 2.75) is 56.2 Å². The number of aromatic nitrogens is 4. The van der Waals surface area contributed by atoms with Crippen LogP contribution in [0.2, 0.25) is 0 Å². The fraction of sp³-hybridized carbons (Fsp3) is 0.643. The maximum absolute atomic E-state index is 13.6. The molecule has 22 heavy (non-hydrogen) atoms. The Kier molecular flexibility index (Phi) is 3.04. The van der Waals surface area contributed by atoms with Gasteiger partial charge in [0.05, 0.1) is 12.4 Å². The molecule has 0 aliphatic heterocycles. The van der Waals surface area contributed by atoms with E-state index in [0.29, 0.717) is 35.9 Å². The van der Waals surface area contributed by atoms with E-state index in [1.165, 1.54) is 6.33 Å². The lowest BCUT2D eigenvalue weighted by Crippen LogP contribution is -2.49. The molecule has 0 spiro atoms. The number of hydrogen-bond donors (Lipinski definition) is 2. The standard InChI is InChI=1S/C14H17F2N5O/c15-14(16)5-1-2-9(11(14)22)20-12-10-13(18-6-17-12)21(7-19-10)8-3-4-8/h6-9,11,22H,1-5H2,(H,17,18,20)/t9-,11+/m0/s1. The molecule has 0 bridgehead atoms. The summed E-state index contributed by atoms with van der Waals surface area (Å²) in [5, 5.41) is 12.8. The second-order valence-electron chi connectivity index (χ2n) is 6.13. The number of fused-ring (bicyclic) bond motifs is 1. The molecule has 0 unspecified atom stereocenters. The Balaban J connectivity index is 1.64. The van der Waals surface area contributed by atoms with Gasteiger partial charge in [-0.05, 0) is 25.7 Å². The van der Waals surface area contributed by atoms with E-state index < -0.39 is 18.1 Å². The lowest BCUT2D eigenvalue weighted by atomic mass is 9.89. The number of rotatable bonds is 3. The minimum absolute atomic E-state index is 0.276. The third-order valence-corrected chi connectivity index (χ3v) is 4.46. The zero-order valence-corrected chi connectivity index (χ0v) is 11.9. The molecule has 6 nitrogen and oxygen atoms in total. The highest BCUT2D eigenvalue weighted by molar-refractivity contribution is 5.83. The van der Waals surface area contributed by atoms with E-state index in [-0.39, 0.29) is 6.42 Å². The Morgan fingerprint density at radius 3 is 2.82 bits per heavy atom. The van der Waals surface area contributed by atoms with E-state index in [2.05, 4.69) is 20.3 Å². The van der Waals surface area contributed by atoms with Gasteiger partial charge in [-0.15, -0.1) is 0 Å². The van der Waals surface area contributed by atoms with Gasteiger partial charge in [0, 0.05) is 12.5 Å². The number of aliphatic hydroxyl groups is 1. The van der Waals surface area contributed by atoms with Crippen molar-refractivity contribution in [1.82, 2.24) is 19.5 Å². The average molecular weight is 309 g/mol. The molecule has 2 saturated carbocycles. The number of anilines is 1. The van der Waals surface area contributed by atoms with Crippen molar-refractivity contribution in [1.29, 1.82) is 0 Å². The van der Waals surface area contributed by atoms with Crippen LogP contribution in [-0.4, -0.2) is 42.7 Å². The van der Waals surface area contributed by atoms with E-state index in [1.54, 1.807) is 6.33 Å². The van der Waals surface area contributed by atoms with Gasteiger partial charge in [0.15, 0.2) is 11.5 Å². The number of alkyl halides is 2. The zero-order valence-electron chi connectivity index (χ0n) is 11.9. The van der Waals surface area contributed by atoms with Crippen molar-refractivity contribution in [3.05, 3.63) is 12.7 Å². The van der Waals surface area contributed by atoms with Crippen LogP contribution in [0.1, 0.15) is 38.1 Å². The predicted octanol–water partition coefficient (Wildman–Crippen LogP) is 2.12. The molecule has 2 atom stereocenters. The summed E-state index contributed by atoms with van der Waals surface area (Å²) in [6.45, 7) is 0. The molecule has 0 saturated heterocycles. The molecule has 2 aliphatic carbocycles. The first-order chi connectivity index (χ1) is 10.6. The van der Waals surface area contributed by atoms with E-state index >= 15 is 0 Å². The van der Waals surface area contributed by atoms with E-state index in [1.807, 2.05) is 4.57 Å². The van der Waals surface area contributed by atoms with Crippen molar-refractivity contribution in [3.63, 3.8) is 0 Å². The SMILES string of the molecule is O[C@@H]1[C@@H](Nc2ncnc3c2ncn3C2CC2)CCCC1(F)F. The lowest BCUT2D eigenvalue weighted by Gasteiger charge is -2.35. The third kappa shape index (κ3) is 2.22. The summed E-state index contributed by atoms with van der Waals surface area (Å²) >= 11 is 0. The first-order valence-corrected chi connectivity index (χ1v) is 7.56. The Hall–Kier alpha value is -1.83. The van der Waals surface area contributed by atoms with Crippen molar-refractivity contribution in [3.8, 4) is 0 Å². The van der Waals surface area contributed by atoms with Crippen molar-refractivity contribution in [2.24, 2.45) is 0 Å². The number of hydrogen-bond acceptors (Lipinski definition) is 5. The molecule has 4 rings (SSSR count). The summed E-state index contributed by atoms with van der Waals surface area (Å²) in [4.78, 5) is 12.7. The average Bonchev–Trinajstić information content (AvgIpc) is 3.23. The predicted molar refractivity (Wildman–Crippen MR) is 75.8 cm³/mol. The fourth-order valence-corrected chi connectivity index (χ4v) is 3.06. The van der Waals surface area contributed by atoms with Crippen LogP contribution in [0.15, 0.2) is 12.7 Å². The number of imidazole rings is 1. The number of aliphatic hydroxyl groups excluding tert-OH is 1. The Labute approximate surface area is 125 Å².